The van der Waals surface area contributed by atoms with Crippen LogP contribution in [0.2, 0.25) is 0 Å². The van der Waals surface area contributed by atoms with E-state index in [2.05, 4.69) is 10.3 Å². The lowest BCUT2D eigenvalue weighted by atomic mass is 10.2. The van der Waals surface area contributed by atoms with E-state index in [1.165, 1.54) is 0 Å². The summed E-state index contributed by atoms with van der Waals surface area (Å²) in [6, 6.07) is 0.446. The van der Waals surface area contributed by atoms with Gasteiger partial charge in [-0.2, -0.15) is 0 Å². The number of nitrogens with one attached hydrogen (secondary N) is 1. The van der Waals surface area contributed by atoms with E-state index in [0.29, 0.717) is 24.8 Å². The van der Waals surface area contributed by atoms with Gasteiger partial charge in [0.2, 0.25) is 5.91 Å². The highest BCUT2D eigenvalue weighted by molar-refractivity contribution is 5.76. The van der Waals surface area contributed by atoms with Gasteiger partial charge in [-0.25, -0.2) is 4.98 Å². The van der Waals surface area contributed by atoms with Gasteiger partial charge in [-0.3, -0.25) is 4.79 Å². The van der Waals surface area contributed by atoms with Gasteiger partial charge in [-0.1, -0.05) is 0 Å². The zero-order valence-corrected chi connectivity index (χ0v) is 8.25. The minimum Gasteiger partial charge on any atom is -0.449 e. The van der Waals surface area contributed by atoms with Gasteiger partial charge >= 0.3 is 0 Å². The van der Waals surface area contributed by atoms with Gasteiger partial charge in [0, 0.05) is 25.8 Å². The van der Waals surface area contributed by atoms with Gasteiger partial charge in [0.05, 0.1) is 5.69 Å². The van der Waals surface area contributed by atoms with Crippen LogP contribution >= 0.6 is 0 Å². The monoisotopic (exact) mass is 194 g/mol. The Labute approximate surface area is 82.7 Å². The smallest absolute Gasteiger partial charge is 0.220 e. The summed E-state index contributed by atoms with van der Waals surface area (Å²) in [6.07, 6.45) is 5.04. The van der Waals surface area contributed by atoms with Crippen molar-refractivity contribution in [1.29, 1.82) is 0 Å². The molecule has 4 heteroatoms. The molecule has 0 saturated heterocycles. The van der Waals surface area contributed by atoms with Crippen LogP contribution in [0.3, 0.4) is 0 Å². The lowest BCUT2D eigenvalue weighted by Crippen LogP contribution is -2.25. The highest BCUT2D eigenvalue weighted by Gasteiger charge is 2.22. The Morgan fingerprint density at radius 2 is 2.50 bits per heavy atom. The predicted molar refractivity (Wildman–Crippen MR) is 50.7 cm³/mol. The van der Waals surface area contributed by atoms with E-state index in [-0.39, 0.29) is 5.91 Å². The van der Waals surface area contributed by atoms with Crippen molar-refractivity contribution in [2.24, 2.45) is 0 Å². The molecule has 1 saturated carbocycles. The van der Waals surface area contributed by atoms with Crippen molar-refractivity contribution in [2.45, 2.75) is 38.6 Å². The summed E-state index contributed by atoms with van der Waals surface area (Å²) in [5, 5.41) is 2.93. The van der Waals surface area contributed by atoms with Gasteiger partial charge in [-0.15, -0.1) is 0 Å². The van der Waals surface area contributed by atoms with Crippen molar-refractivity contribution in [3.63, 3.8) is 0 Å². The van der Waals surface area contributed by atoms with Crippen LogP contribution in [0.5, 0.6) is 0 Å². The fraction of sp³-hybridized carbons (Fsp3) is 0.600. The number of nitrogens with zero attached hydrogens (tertiary/aromatic N) is 1. The Morgan fingerprint density at radius 1 is 1.71 bits per heavy atom. The van der Waals surface area contributed by atoms with Crippen molar-refractivity contribution < 1.29 is 9.21 Å². The number of aryl methyl sites for hydroxylation is 2. The second kappa shape index (κ2) is 3.82. The standard InChI is InChI=1S/C10H14N2O2/c1-7-11-9(6-14-7)4-5-10(13)12-8-2-3-8/h6,8H,2-5H2,1H3,(H,12,13). The van der Waals surface area contributed by atoms with Crippen LogP contribution in [0.4, 0.5) is 0 Å². The third kappa shape index (κ3) is 2.58. The van der Waals surface area contributed by atoms with Crippen molar-refractivity contribution in [2.75, 3.05) is 0 Å². The molecule has 0 bridgehead atoms. The topological polar surface area (TPSA) is 55.1 Å². The van der Waals surface area contributed by atoms with Gasteiger partial charge < -0.3 is 9.73 Å². The number of hydrogen-bond acceptors (Lipinski definition) is 3. The van der Waals surface area contributed by atoms with Crippen LogP contribution in [0.1, 0.15) is 30.8 Å². The molecule has 0 spiro atoms. The molecule has 14 heavy (non-hydrogen) atoms. The highest BCUT2D eigenvalue weighted by atomic mass is 16.3. The summed E-state index contributed by atoms with van der Waals surface area (Å²) in [6.45, 7) is 1.80. The van der Waals surface area contributed by atoms with Crippen molar-refractivity contribution in [1.82, 2.24) is 10.3 Å². The molecule has 0 aromatic carbocycles. The van der Waals surface area contributed by atoms with Crippen LogP contribution < -0.4 is 5.32 Å². The largest absolute Gasteiger partial charge is 0.449 e. The third-order valence-corrected chi connectivity index (χ3v) is 2.22. The number of aromatic nitrogens is 1. The predicted octanol–water partition coefficient (Wildman–Crippen LogP) is 1.19. The third-order valence-electron chi connectivity index (χ3n) is 2.22. The first-order chi connectivity index (χ1) is 6.74. The molecule has 1 aliphatic carbocycles. The van der Waals surface area contributed by atoms with Gasteiger partial charge in [0.1, 0.15) is 6.26 Å². The molecule has 0 atom stereocenters. The SMILES string of the molecule is Cc1nc(CCC(=O)NC2CC2)co1. The maximum Gasteiger partial charge on any atom is 0.220 e. The molecule has 1 amide bonds. The molecule has 76 valence electrons. The summed E-state index contributed by atoms with van der Waals surface area (Å²) >= 11 is 0. The van der Waals surface area contributed by atoms with Crippen LogP contribution in [0.25, 0.3) is 0 Å². The molecular formula is C10H14N2O2. The maximum absolute atomic E-state index is 11.3. The van der Waals surface area contributed by atoms with E-state index in [1.54, 1.807) is 13.2 Å². The van der Waals surface area contributed by atoms with E-state index < -0.39 is 0 Å². The van der Waals surface area contributed by atoms with Crippen molar-refractivity contribution in [3.05, 3.63) is 17.8 Å². The molecule has 1 fully saturated rings. The number of rotatable bonds is 4. The van der Waals surface area contributed by atoms with Crippen LogP contribution in [-0.2, 0) is 11.2 Å². The number of carbonyl (C=O) groups excluding carboxylic acids is 1. The van der Waals surface area contributed by atoms with Gasteiger partial charge in [0.15, 0.2) is 5.89 Å². The van der Waals surface area contributed by atoms with E-state index in [9.17, 15) is 4.79 Å². The average Bonchev–Trinajstić information content (AvgIpc) is 2.85. The van der Waals surface area contributed by atoms with Crippen LogP contribution in [0.15, 0.2) is 10.7 Å². The minimum atomic E-state index is 0.119. The fourth-order valence-corrected chi connectivity index (χ4v) is 1.29. The van der Waals surface area contributed by atoms with E-state index in [1.807, 2.05) is 0 Å². The van der Waals surface area contributed by atoms with Crippen LogP contribution in [0, 0.1) is 6.92 Å². The number of oxazole rings is 1. The average molecular weight is 194 g/mol. The summed E-state index contributed by atoms with van der Waals surface area (Å²) in [5.41, 5.74) is 0.855. The normalized spacial score (nSPS) is 15.5. The fourth-order valence-electron chi connectivity index (χ4n) is 1.29. The maximum atomic E-state index is 11.3. The Kier molecular flexibility index (Phi) is 2.52. The zero-order valence-electron chi connectivity index (χ0n) is 8.25. The molecular weight excluding hydrogens is 180 g/mol. The minimum absolute atomic E-state index is 0.119. The molecule has 1 aliphatic rings. The summed E-state index contributed by atoms with van der Waals surface area (Å²) < 4.78 is 5.05. The summed E-state index contributed by atoms with van der Waals surface area (Å²) in [5.74, 6) is 0.774. The summed E-state index contributed by atoms with van der Waals surface area (Å²) in [7, 11) is 0. The number of carbonyl (C=O) groups is 1. The zero-order chi connectivity index (χ0) is 9.97. The van der Waals surface area contributed by atoms with E-state index >= 15 is 0 Å². The van der Waals surface area contributed by atoms with E-state index in [0.717, 1.165) is 18.5 Å². The molecule has 1 N–H and O–H groups in total. The number of amides is 1. The Bertz CT molecular complexity index is 329. The molecule has 4 nitrogen and oxygen atoms in total. The molecule has 2 rings (SSSR count). The molecule has 0 unspecified atom stereocenters. The molecule has 0 radical (unpaired) electrons. The molecule has 1 aromatic rings. The molecule has 1 aromatic heterocycles. The lowest BCUT2D eigenvalue weighted by Gasteiger charge is -2.00. The second-order valence-corrected chi connectivity index (χ2v) is 3.70. The van der Waals surface area contributed by atoms with Gasteiger partial charge in [-0.05, 0) is 12.8 Å². The summed E-state index contributed by atoms with van der Waals surface area (Å²) in [4.78, 5) is 15.4. The highest BCUT2D eigenvalue weighted by Crippen LogP contribution is 2.18. The van der Waals surface area contributed by atoms with Crippen LogP contribution in [-0.4, -0.2) is 16.9 Å². The van der Waals surface area contributed by atoms with E-state index in [4.69, 9.17) is 4.42 Å². The second-order valence-electron chi connectivity index (χ2n) is 3.70. The first kappa shape index (κ1) is 9.24. The van der Waals surface area contributed by atoms with Crippen molar-refractivity contribution >= 4 is 5.91 Å². The first-order valence-electron chi connectivity index (χ1n) is 4.94. The lowest BCUT2D eigenvalue weighted by molar-refractivity contribution is -0.121. The number of hydrogen-bond donors (Lipinski definition) is 1. The Hall–Kier alpha value is -1.32. The molecule has 1 heterocycles. The quantitative estimate of drug-likeness (QED) is 0.783. The Morgan fingerprint density at radius 3 is 3.07 bits per heavy atom. The van der Waals surface area contributed by atoms with Gasteiger partial charge in [0.25, 0.3) is 0 Å². The molecule has 0 aliphatic heterocycles. The first-order valence-corrected chi connectivity index (χ1v) is 4.94. The Balaban J connectivity index is 1.73. The van der Waals surface area contributed by atoms with Crippen molar-refractivity contribution in [3.8, 4) is 0 Å².